The third kappa shape index (κ3) is 3.16. The summed E-state index contributed by atoms with van der Waals surface area (Å²) >= 11 is 0. The van der Waals surface area contributed by atoms with Crippen molar-refractivity contribution in [2.45, 2.75) is 25.2 Å². The molecule has 0 heterocycles. The lowest BCUT2D eigenvalue weighted by Gasteiger charge is -2.24. The molecular weight excluding hydrogens is 288 g/mol. The van der Waals surface area contributed by atoms with Gasteiger partial charge in [0, 0.05) is 10.7 Å². The van der Waals surface area contributed by atoms with E-state index in [1.54, 1.807) is 0 Å². The summed E-state index contributed by atoms with van der Waals surface area (Å²) in [6.45, 7) is 0. The van der Waals surface area contributed by atoms with Crippen LogP contribution < -0.4 is 0 Å². The molecule has 1 aromatic carbocycles. The van der Waals surface area contributed by atoms with Crippen LogP contribution in [-0.4, -0.2) is 19.5 Å². The smallest absolute Gasteiger partial charge is 0.332 e. The Morgan fingerprint density at radius 3 is 2.42 bits per heavy atom. The number of benzene rings is 1. The van der Waals surface area contributed by atoms with E-state index < -0.39 is 15.0 Å². The van der Waals surface area contributed by atoms with Crippen molar-refractivity contribution in [3.05, 3.63) is 46.4 Å². The van der Waals surface area contributed by atoms with Crippen LogP contribution in [0.15, 0.2) is 40.8 Å². The summed E-state index contributed by atoms with van der Waals surface area (Å²) in [6, 6.07) is 9.49. The number of carboxylic acids is 1. The van der Waals surface area contributed by atoms with Crippen molar-refractivity contribution in [3.8, 4) is 0 Å². The van der Waals surface area contributed by atoms with Crippen LogP contribution in [0.5, 0.6) is 0 Å². The van der Waals surface area contributed by atoms with Crippen molar-refractivity contribution in [2.24, 2.45) is 0 Å². The van der Waals surface area contributed by atoms with Crippen LogP contribution >= 0.6 is 10.7 Å². The van der Waals surface area contributed by atoms with Crippen molar-refractivity contribution in [3.63, 3.8) is 0 Å². The second kappa shape index (κ2) is 5.35. The Bertz CT molecular complexity index is 619. The summed E-state index contributed by atoms with van der Waals surface area (Å²) in [5.74, 6) is -1.19. The van der Waals surface area contributed by atoms with Crippen LogP contribution in [0, 0.1) is 0 Å². The van der Waals surface area contributed by atoms with Crippen LogP contribution in [0.1, 0.15) is 30.7 Å². The molecule has 0 bridgehead atoms. The second-order valence-corrected chi connectivity index (χ2v) is 7.08. The Morgan fingerprint density at radius 1 is 1.26 bits per heavy atom. The number of carbonyl (C=O) groups is 1. The Balaban J connectivity index is 2.37. The lowest BCUT2D eigenvalue weighted by Crippen LogP contribution is -2.17. The van der Waals surface area contributed by atoms with Gasteiger partial charge in [0.25, 0.3) is 9.05 Å². The van der Waals surface area contributed by atoms with Crippen LogP contribution in [0.2, 0.25) is 0 Å². The average molecular weight is 301 g/mol. The van der Waals surface area contributed by atoms with Gasteiger partial charge in [0.2, 0.25) is 0 Å². The van der Waals surface area contributed by atoms with E-state index in [0.717, 1.165) is 5.56 Å². The Morgan fingerprint density at radius 2 is 1.89 bits per heavy atom. The van der Waals surface area contributed by atoms with Crippen molar-refractivity contribution in [2.75, 3.05) is 0 Å². The van der Waals surface area contributed by atoms with E-state index in [0.29, 0.717) is 6.42 Å². The van der Waals surface area contributed by atoms with Gasteiger partial charge in [-0.2, -0.15) is 0 Å². The quantitative estimate of drug-likeness (QED) is 0.871. The van der Waals surface area contributed by atoms with Crippen LogP contribution in [-0.2, 0) is 13.8 Å². The molecule has 1 aromatic rings. The minimum Gasteiger partial charge on any atom is -0.478 e. The van der Waals surface area contributed by atoms with Gasteiger partial charge in [0.05, 0.1) is 10.5 Å². The summed E-state index contributed by atoms with van der Waals surface area (Å²) < 4.78 is 22.8. The molecular formula is C13H13ClO4S. The highest BCUT2D eigenvalue weighted by Gasteiger charge is 2.31. The topological polar surface area (TPSA) is 71.4 Å². The summed E-state index contributed by atoms with van der Waals surface area (Å²) in [6.07, 6.45) is 0.954. The van der Waals surface area contributed by atoms with Gasteiger partial charge in [0.1, 0.15) is 0 Å². The number of aliphatic carboxylic acids is 1. The first kappa shape index (κ1) is 14.1. The van der Waals surface area contributed by atoms with Gasteiger partial charge in [-0.1, -0.05) is 30.3 Å². The van der Waals surface area contributed by atoms with Crippen LogP contribution in [0.25, 0.3) is 0 Å². The largest absolute Gasteiger partial charge is 0.478 e. The van der Waals surface area contributed by atoms with E-state index in [4.69, 9.17) is 15.8 Å². The number of allylic oxidation sites excluding steroid dienone is 1. The van der Waals surface area contributed by atoms with E-state index in [1.807, 2.05) is 30.3 Å². The molecule has 4 nitrogen and oxygen atoms in total. The van der Waals surface area contributed by atoms with Crippen LogP contribution in [0.3, 0.4) is 0 Å². The summed E-state index contributed by atoms with van der Waals surface area (Å²) in [7, 11) is 1.34. The standard InChI is InChI=1S/C13H13ClO4S/c14-19(17,18)12-7-6-10(8-11(12)13(15)16)9-4-2-1-3-5-9/h1-5,10H,6-8H2,(H,15,16). The minimum atomic E-state index is -3.95. The summed E-state index contributed by atoms with van der Waals surface area (Å²) in [5, 5.41) is 9.16. The van der Waals surface area contributed by atoms with Gasteiger partial charge < -0.3 is 5.11 Å². The highest BCUT2D eigenvalue weighted by Crippen LogP contribution is 2.39. The minimum absolute atomic E-state index is 0.0227. The number of rotatable bonds is 3. The van der Waals surface area contributed by atoms with E-state index in [2.05, 4.69) is 0 Å². The number of hydrogen-bond donors (Lipinski definition) is 1. The summed E-state index contributed by atoms with van der Waals surface area (Å²) in [5.41, 5.74) is 0.933. The Labute approximate surface area is 116 Å². The molecule has 0 spiro atoms. The molecule has 0 amide bonds. The zero-order valence-corrected chi connectivity index (χ0v) is 11.6. The molecule has 1 N–H and O–H groups in total. The van der Waals surface area contributed by atoms with E-state index in [-0.39, 0.29) is 29.2 Å². The first-order valence-electron chi connectivity index (χ1n) is 5.84. The molecule has 102 valence electrons. The van der Waals surface area contributed by atoms with Gasteiger partial charge >= 0.3 is 5.97 Å². The molecule has 0 saturated heterocycles. The third-order valence-electron chi connectivity index (χ3n) is 3.33. The fourth-order valence-electron chi connectivity index (χ4n) is 2.40. The van der Waals surface area contributed by atoms with Crippen molar-refractivity contribution in [1.29, 1.82) is 0 Å². The highest BCUT2D eigenvalue weighted by atomic mass is 35.7. The molecule has 0 fully saturated rings. The van der Waals surface area contributed by atoms with Gasteiger partial charge in [-0.05, 0) is 30.7 Å². The molecule has 1 unspecified atom stereocenters. The van der Waals surface area contributed by atoms with Crippen molar-refractivity contribution in [1.82, 2.24) is 0 Å². The van der Waals surface area contributed by atoms with Crippen LogP contribution in [0.4, 0.5) is 0 Å². The lowest BCUT2D eigenvalue weighted by molar-refractivity contribution is -0.133. The fourth-order valence-corrected chi connectivity index (χ4v) is 3.74. The first-order chi connectivity index (χ1) is 8.89. The van der Waals surface area contributed by atoms with Crippen molar-refractivity contribution >= 4 is 25.7 Å². The predicted octanol–water partition coefficient (Wildman–Crippen LogP) is 2.86. The van der Waals surface area contributed by atoms with Crippen molar-refractivity contribution < 1.29 is 18.3 Å². The molecule has 0 saturated carbocycles. The zero-order chi connectivity index (χ0) is 14.0. The van der Waals surface area contributed by atoms with E-state index in [1.165, 1.54) is 0 Å². The Kier molecular flexibility index (Phi) is 3.96. The molecule has 0 radical (unpaired) electrons. The summed E-state index contributed by atoms with van der Waals surface area (Å²) in [4.78, 5) is 11.1. The number of hydrogen-bond acceptors (Lipinski definition) is 3. The van der Waals surface area contributed by atoms with E-state index in [9.17, 15) is 13.2 Å². The van der Waals surface area contributed by atoms with Gasteiger partial charge in [0.15, 0.2) is 0 Å². The second-order valence-electron chi connectivity index (χ2n) is 4.50. The van der Waals surface area contributed by atoms with Gasteiger partial charge in [-0.25, -0.2) is 13.2 Å². The highest BCUT2D eigenvalue weighted by molar-refractivity contribution is 8.16. The maximum Gasteiger partial charge on any atom is 0.332 e. The molecule has 0 aromatic heterocycles. The van der Waals surface area contributed by atoms with E-state index >= 15 is 0 Å². The third-order valence-corrected chi connectivity index (χ3v) is 4.93. The Hall–Kier alpha value is -1.33. The molecule has 0 aliphatic heterocycles. The zero-order valence-electron chi connectivity index (χ0n) is 10.0. The molecule has 2 rings (SSSR count). The molecule has 1 atom stereocenters. The fraction of sp³-hybridized carbons (Fsp3) is 0.308. The normalized spacial score (nSPS) is 20.4. The monoisotopic (exact) mass is 300 g/mol. The maximum atomic E-state index is 11.4. The molecule has 19 heavy (non-hydrogen) atoms. The maximum absolute atomic E-state index is 11.4. The molecule has 1 aliphatic carbocycles. The van der Waals surface area contributed by atoms with Gasteiger partial charge in [-0.15, -0.1) is 0 Å². The predicted molar refractivity (Wildman–Crippen MR) is 72.5 cm³/mol. The number of halogens is 1. The average Bonchev–Trinajstić information content (AvgIpc) is 2.38. The first-order valence-corrected chi connectivity index (χ1v) is 8.15. The van der Waals surface area contributed by atoms with Gasteiger partial charge in [-0.3, -0.25) is 0 Å². The lowest BCUT2D eigenvalue weighted by atomic mass is 9.83. The number of carboxylic acid groups (broad SMARTS) is 1. The molecule has 6 heteroatoms. The molecule has 1 aliphatic rings. The SMILES string of the molecule is O=C(O)C1=C(S(=O)(=O)Cl)CCC(c2ccccc2)C1.